The van der Waals surface area contributed by atoms with Crippen molar-refractivity contribution in [3.05, 3.63) is 27.5 Å². The van der Waals surface area contributed by atoms with Gasteiger partial charge in [-0.25, -0.2) is 14.8 Å². The highest BCUT2D eigenvalue weighted by atomic mass is 35.5. The van der Waals surface area contributed by atoms with Gasteiger partial charge in [-0.2, -0.15) is 11.3 Å². The van der Waals surface area contributed by atoms with Crippen LogP contribution in [0.15, 0.2) is 16.8 Å². The Morgan fingerprint density at radius 1 is 1.53 bits per heavy atom. The molecular formula is C10H8ClN3O2S. The summed E-state index contributed by atoms with van der Waals surface area (Å²) in [4.78, 5) is 19.5. The summed E-state index contributed by atoms with van der Waals surface area (Å²) >= 11 is 7.35. The van der Waals surface area contributed by atoms with E-state index in [1.165, 1.54) is 18.4 Å². The van der Waals surface area contributed by atoms with Gasteiger partial charge in [0.15, 0.2) is 11.5 Å². The third kappa shape index (κ3) is 2.22. The van der Waals surface area contributed by atoms with Crippen LogP contribution >= 0.6 is 22.9 Å². The fraction of sp³-hybridized carbons (Fsp3) is 0.100. The molecular weight excluding hydrogens is 262 g/mol. The van der Waals surface area contributed by atoms with Crippen molar-refractivity contribution in [1.82, 2.24) is 9.97 Å². The molecule has 2 aromatic rings. The van der Waals surface area contributed by atoms with Crippen LogP contribution in [0, 0.1) is 0 Å². The van der Waals surface area contributed by atoms with Crippen molar-refractivity contribution in [3.8, 4) is 11.4 Å². The number of carbonyl (C=O) groups excluding carboxylic acids is 1. The molecule has 0 saturated carbocycles. The Labute approximate surface area is 106 Å². The number of nitrogens with two attached hydrogens (primary N) is 1. The molecule has 7 heteroatoms. The normalized spacial score (nSPS) is 10.2. The van der Waals surface area contributed by atoms with Crippen LogP contribution in [0.3, 0.4) is 0 Å². The summed E-state index contributed by atoms with van der Waals surface area (Å²) in [6, 6.07) is 1.83. The Morgan fingerprint density at radius 2 is 2.29 bits per heavy atom. The van der Waals surface area contributed by atoms with Crippen LogP contribution in [-0.2, 0) is 4.74 Å². The van der Waals surface area contributed by atoms with Crippen molar-refractivity contribution in [2.24, 2.45) is 0 Å². The predicted molar refractivity (Wildman–Crippen MR) is 66.1 cm³/mol. The molecule has 5 nitrogen and oxygen atoms in total. The van der Waals surface area contributed by atoms with E-state index in [2.05, 4.69) is 14.7 Å². The largest absolute Gasteiger partial charge is 0.464 e. The molecule has 0 unspecified atom stereocenters. The topological polar surface area (TPSA) is 78.1 Å². The summed E-state index contributed by atoms with van der Waals surface area (Å²) in [7, 11) is 1.25. The summed E-state index contributed by atoms with van der Waals surface area (Å²) in [5.41, 5.74) is 6.39. The molecule has 88 valence electrons. The first-order valence-corrected chi connectivity index (χ1v) is 5.89. The maximum atomic E-state index is 11.5. The first-order valence-electron chi connectivity index (χ1n) is 4.57. The summed E-state index contributed by atoms with van der Waals surface area (Å²) in [6.45, 7) is 0. The lowest BCUT2D eigenvalue weighted by molar-refractivity contribution is 0.0594. The summed E-state index contributed by atoms with van der Waals surface area (Å²) in [5.74, 6) is -0.225. The molecule has 0 fully saturated rings. The van der Waals surface area contributed by atoms with E-state index in [-0.39, 0.29) is 16.5 Å². The van der Waals surface area contributed by atoms with E-state index in [4.69, 9.17) is 17.3 Å². The van der Waals surface area contributed by atoms with Gasteiger partial charge in [0.1, 0.15) is 10.8 Å². The SMILES string of the molecule is COC(=O)c1nc(-c2ccsc2)nc(N)c1Cl. The maximum Gasteiger partial charge on any atom is 0.358 e. The van der Waals surface area contributed by atoms with Gasteiger partial charge in [-0.05, 0) is 11.4 Å². The molecule has 0 saturated heterocycles. The average Bonchev–Trinajstić information content (AvgIpc) is 2.85. The maximum absolute atomic E-state index is 11.5. The number of thiophene rings is 1. The number of halogens is 1. The average molecular weight is 270 g/mol. The number of hydrogen-bond acceptors (Lipinski definition) is 6. The second-order valence-corrected chi connectivity index (χ2v) is 4.26. The van der Waals surface area contributed by atoms with E-state index in [1.54, 1.807) is 0 Å². The number of nitrogens with zero attached hydrogens (tertiary/aromatic N) is 2. The number of hydrogen-bond donors (Lipinski definition) is 1. The van der Waals surface area contributed by atoms with Crippen LogP contribution in [0.2, 0.25) is 5.02 Å². The third-order valence-electron chi connectivity index (χ3n) is 2.03. The molecule has 0 radical (unpaired) electrons. The van der Waals surface area contributed by atoms with Crippen LogP contribution in [0.1, 0.15) is 10.5 Å². The molecule has 0 amide bonds. The van der Waals surface area contributed by atoms with Gasteiger partial charge in [0.25, 0.3) is 0 Å². The summed E-state index contributed by atoms with van der Waals surface area (Å²) < 4.78 is 4.58. The Morgan fingerprint density at radius 3 is 2.88 bits per heavy atom. The second kappa shape index (κ2) is 4.68. The van der Waals surface area contributed by atoms with Gasteiger partial charge in [-0.3, -0.25) is 0 Å². The molecule has 2 heterocycles. The number of methoxy groups -OCH3 is 1. The van der Waals surface area contributed by atoms with Crippen LogP contribution < -0.4 is 5.73 Å². The van der Waals surface area contributed by atoms with Gasteiger partial charge in [0.2, 0.25) is 0 Å². The number of nitrogen functional groups attached to an aromatic ring is 1. The third-order valence-corrected chi connectivity index (χ3v) is 3.09. The molecule has 0 aliphatic carbocycles. The van der Waals surface area contributed by atoms with Crippen LogP contribution in [0.25, 0.3) is 11.4 Å². The van der Waals surface area contributed by atoms with E-state index < -0.39 is 5.97 Å². The van der Waals surface area contributed by atoms with E-state index in [0.717, 1.165) is 5.56 Å². The zero-order valence-corrected chi connectivity index (χ0v) is 10.4. The van der Waals surface area contributed by atoms with E-state index in [9.17, 15) is 4.79 Å². The Kier molecular flexibility index (Phi) is 3.26. The van der Waals surface area contributed by atoms with Crippen LogP contribution in [0.4, 0.5) is 5.82 Å². The molecule has 0 atom stereocenters. The van der Waals surface area contributed by atoms with Crippen molar-refractivity contribution in [3.63, 3.8) is 0 Å². The lowest BCUT2D eigenvalue weighted by atomic mass is 10.3. The molecule has 0 aromatic carbocycles. The molecule has 17 heavy (non-hydrogen) atoms. The first kappa shape index (κ1) is 11.8. The fourth-order valence-corrected chi connectivity index (χ4v) is 2.01. The number of esters is 1. The van der Waals surface area contributed by atoms with Gasteiger partial charge < -0.3 is 10.5 Å². The van der Waals surface area contributed by atoms with Gasteiger partial charge in [0.05, 0.1) is 7.11 Å². The number of anilines is 1. The standard InChI is InChI=1S/C10H8ClN3O2S/c1-16-10(15)7-6(11)8(12)14-9(13-7)5-2-3-17-4-5/h2-4H,1H3,(H2,12,13,14). The van der Waals surface area contributed by atoms with Gasteiger partial charge in [-0.15, -0.1) is 0 Å². The summed E-state index contributed by atoms with van der Waals surface area (Å²) in [5, 5.41) is 3.74. The monoisotopic (exact) mass is 269 g/mol. The van der Waals surface area contributed by atoms with Crippen molar-refractivity contribution in [2.75, 3.05) is 12.8 Å². The van der Waals surface area contributed by atoms with Gasteiger partial charge >= 0.3 is 5.97 Å². The number of rotatable bonds is 2. The van der Waals surface area contributed by atoms with E-state index >= 15 is 0 Å². The van der Waals surface area contributed by atoms with Gasteiger partial charge in [0, 0.05) is 10.9 Å². The lowest BCUT2D eigenvalue weighted by Crippen LogP contribution is -2.09. The Hall–Kier alpha value is -1.66. The highest BCUT2D eigenvalue weighted by molar-refractivity contribution is 7.08. The smallest absolute Gasteiger partial charge is 0.358 e. The lowest BCUT2D eigenvalue weighted by Gasteiger charge is -2.06. The first-order chi connectivity index (χ1) is 8.13. The highest BCUT2D eigenvalue weighted by Gasteiger charge is 2.18. The number of aromatic nitrogens is 2. The molecule has 2 N–H and O–H groups in total. The molecule has 2 rings (SSSR count). The Bertz CT molecular complexity index is 557. The Balaban J connectivity index is 2.57. The zero-order valence-electron chi connectivity index (χ0n) is 8.81. The molecule has 0 spiro atoms. The van der Waals surface area contributed by atoms with Crippen LogP contribution in [-0.4, -0.2) is 23.0 Å². The number of carbonyl (C=O) groups is 1. The second-order valence-electron chi connectivity index (χ2n) is 3.10. The summed E-state index contributed by atoms with van der Waals surface area (Å²) in [6.07, 6.45) is 0. The molecule has 0 aliphatic rings. The van der Waals surface area contributed by atoms with E-state index in [0.29, 0.717) is 5.82 Å². The van der Waals surface area contributed by atoms with Crippen LogP contribution in [0.5, 0.6) is 0 Å². The molecule has 0 bridgehead atoms. The highest BCUT2D eigenvalue weighted by Crippen LogP contribution is 2.26. The fourth-order valence-electron chi connectivity index (χ4n) is 1.22. The van der Waals surface area contributed by atoms with Crippen molar-refractivity contribution in [1.29, 1.82) is 0 Å². The minimum atomic E-state index is -0.638. The van der Waals surface area contributed by atoms with Crippen molar-refractivity contribution in [2.45, 2.75) is 0 Å². The number of ether oxygens (including phenoxy) is 1. The van der Waals surface area contributed by atoms with Crippen molar-refractivity contribution >= 4 is 34.7 Å². The van der Waals surface area contributed by atoms with Gasteiger partial charge in [-0.1, -0.05) is 11.6 Å². The predicted octanol–water partition coefficient (Wildman–Crippen LogP) is 2.23. The van der Waals surface area contributed by atoms with E-state index in [1.807, 2.05) is 16.8 Å². The molecule has 2 aromatic heterocycles. The zero-order chi connectivity index (χ0) is 12.4. The minimum absolute atomic E-state index is 0.0100. The van der Waals surface area contributed by atoms with Crippen molar-refractivity contribution < 1.29 is 9.53 Å². The minimum Gasteiger partial charge on any atom is -0.464 e. The quantitative estimate of drug-likeness (QED) is 0.846. The molecule has 0 aliphatic heterocycles.